The smallest absolute Gasteiger partial charge is 0.167 e. The molecule has 2 unspecified atom stereocenters. The predicted molar refractivity (Wildman–Crippen MR) is 104 cm³/mol. The van der Waals surface area contributed by atoms with Crippen molar-refractivity contribution in [2.45, 2.75) is 58.2 Å². The third-order valence-electron chi connectivity index (χ3n) is 5.29. The van der Waals surface area contributed by atoms with E-state index in [1.807, 2.05) is 6.92 Å². The normalized spacial score (nSPS) is 19.8. The molecule has 2 aromatic rings. The SMILES string of the molecule is CCCCOC1CCC(c2ccc(-c3ccc(CC)c(F)c3)c(F)c2F)OC1. The summed E-state index contributed by atoms with van der Waals surface area (Å²) in [6.45, 7) is 5.02. The molecule has 5 heteroatoms. The van der Waals surface area contributed by atoms with Crippen molar-refractivity contribution < 1.29 is 22.6 Å². The van der Waals surface area contributed by atoms with E-state index in [2.05, 4.69) is 6.92 Å². The average Bonchev–Trinajstić information content (AvgIpc) is 2.71. The molecule has 0 aromatic heterocycles. The van der Waals surface area contributed by atoms with Gasteiger partial charge in [0, 0.05) is 17.7 Å². The maximum absolute atomic E-state index is 14.7. The second-order valence-electron chi connectivity index (χ2n) is 7.24. The fourth-order valence-electron chi connectivity index (χ4n) is 3.54. The molecule has 1 aliphatic rings. The van der Waals surface area contributed by atoms with Gasteiger partial charge in [-0.15, -0.1) is 0 Å². The van der Waals surface area contributed by atoms with Gasteiger partial charge >= 0.3 is 0 Å². The minimum absolute atomic E-state index is 0.00929. The first kappa shape index (κ1) is 20.9. The van der Waals surface area contributed by atoms with Gasteiger partial charge in [0.05, 0.1) is 18.8 Å². The number of halogens is 3. The number of ether oxygens (including phenoxy) is 2. The van der Waals surface area contributed by atoms with Crippen LogP contribution in [-0.4, -0.2) is 19.3 Å². The molecule has 0 spiro atoms. The molecule has 28 heavy (non-hydrogen) atoms. The lowest BCUT2D eigenvalue weighted by Crippen LogP contribution is -2.28. The molecular weight excluding hydrogens is 365 g/mol. The Kier molecular flexibility index (Phi) is 7.13. The minimum Gasteiger partial charge on any atom is -0.376 e. The van der Waals surface area contributed by atoms with Crippen LogP contribution in [0.5, 0.6) is 0 Å². The van der Waals surface area contributed by atoms with Crippen LogP contribution < -0.4 is 0 Å². The molecule has 0 radical (unpaired) electrons. The third kappa shape index (κ3) is 4.58. The summed E-state index contributed by atoms with van der Waals surface area (Å²) in [5.74, 6) is -2.30. The van der Waals surface area contributed by atoms with E-state index in [1.54, 1.807) is 18.2 Å². The van der Waals surface area contributed by atoms with Crippen molar-refractivity contribution in [3.8, 4) is 11.1 Å². The Bertz CT molecular complexity index is 799. The lowest BCUT2D eigenvalue weighted by molar-refractivity contribution is -0.0881. The topological polar surface area (TPSA) is 18.5 Å². The molecule has 0 saturated carbocycles. The van der Waals surface area contributed by atoms with Crippen LogP contribution in [0.3, 0.4) is 0 Å². The average molecular weight is 392 g/mol. The maximum Gasteiger partial charge on any atom is 0.167 e. The molecule has 2 aromatic carbocycles. The van der Waals surface area contributed by atoms with E-state index in [-0.39, 0.29) is 17.2 Å². The number of benzene rings is 2. The summed E-state index contributed by atoms with van der Waals surface area (Å²) in [4.78, 5) is 0. The molecule has 1 heterocycles. The molecule has 152 valence electrons. The molecule has 1 fully saturated rings. The Balaban J connectivity index is 1.73. The zero-order valence-electron chi connectivity index (χ0n) is 16.4. The zero-order valence-corrected chi connectivity index (χ0v) is 16.4. The van der Waals surface area contributed by atoms with Crippen molar-refractivity contribution in [1.29, 1.82) is 0 Å². The Labute approximate surface area is 164 Å². The summed E-state index contributed by atoms with van der Waals surface area (Å²) >= 11 is 0. The summed E-state index contributed by atoms with van der Waals surface area (Å²) in [5.41, 5.74) is 1.14. The van der Waals surface area contributed by atoms with Crippen LogP contribution in [0.25, 0.3) is 11.1 Å². The highest BCUT2D eigenvalue weighted by molar-refractivity contribution is 5.65. The van der Waals surface area contributed by atoms with E-state index in [4.69, 9.17) is 9.47 Å². The van der Waals surface area contributed by atoms with Gasteiger partial charge in [0.25, 0.3) is 0 Å². The monoisotopic (exact) mass is 392 g/mol. The lowest BCUT2D eigenvalue weighted by atomic mass is 9.95. The van der Waals surface area contributed by atoms with Crippen LogP contribution in [0, 0.1) is 17.5 Å². The van der Waals surface area contributed by atoms with Gasteiger partial charge in [0.1, 0.15) is 5.82 Å². The molecular formula is C23H27F3O2. The van der Waals surface area contributed by atoms with Crippen LogP contribution in [0.1, 0.15) is 56.8 Å². The van der Waals surface area contributed by atoms with E-state index in [9.17, 15) is 13.2 Å². The van der Waals surface area contributed by atoms with Crippen molar-refractivity contribution >= 4 is 0 Å². The third-order valence-corrected chi connectivity index (χ3v) is 5.29. The van der Waals surface area contributed by atoms with E-state index in [0.29, 0.717) is 37.2 Å². The summed E-state index contributed by atoms with van der Waals surface area (Å²) in [6.07, 6.45) is 3.46. The molecule has 0 bridgehead atoms. The molecule has 1 saturated heterocycles. The molecule has 0 amide bonds. The first-order valence-corrected chi connectivity index (χ1v) is 10.0. The summed E-state index contributed by atoms with van der Waals surface area (Å²) in [7, 11) is 0. The maximum atomic E-state index is 14.7. The number of hydrogen-bond acceptors (Lipinski definition) is 2. The predicted octanol–water partition coefficient (Wildman–Crippen LogP) is 6.37. The van der Waals surface area contributed by atoms with Crippen LogP contribution in [0.2, 0.25) is 0 Å². The van der Waals surface area contributed by atoms with Crippen LogP contribution in [-0.2, 0) is 15.9 Å². The Morgan fingerprint density at radius 1 is 1.04 bits per heavy atom. The van der Waals surface area contributed by atoms with Gasteiger partial charge in [0.15, 0.2) is 11.6 Å². The van der Waals surface area contributed by atoms with Gasteiger partial charge < -0.3 is 9.47 Å². The molecule has 2 atom stereocenters. The quantitative estimate of drug-likeness (QED) is 0.510. The molecule has 1 aliphatic heterocycles. The standard InChI is InChI=1S/C23H27F3O2/c1-3-5-12-27-17-8-11-21(28-14-17)19-10-9-18(22(25)23(19)26)16-7-6-15(4-2)20(24)13-16/h6-7,9-10,13,17,21H,3-5,8,11-12,14H2,1-2H3. The van der Waals surface area contributed by atoms with Crippen LogP contribution in [0.15, 0.2) is 30.3 Å². The highest BCUT2D eigenvalue weighted by Gasteiger charge is 2.27. The van der Waals surface area contributed by atoms with Gasteiger partial charge in [0.2, 0.25) is 0 Å². The molecule has 3 rings (SSSR count). The Morgan fingerprint density at radius 3 is 2.50 bits per heavy atom. The second-order valence-corrected chi connectivity index (χ2v) is 7.24. The molecule has 0 N–H and O–H groups in total. The molecule has 0 aliphatic carbocycles. The molecule has 2 nitrogen and oxygen atoms in total. The van der Waals surface area contributed by atoms with Crippen LogP contribution in [0.4, 0.5) is 13.2 Å². The van der Waals surface area contributed by atoms with Gasteiger partial charge in [-0.1, -0.05) is 44.5 Å². The van der Waals surface area contributed by atoms with Crippen molar-refractivity contribution in [3.05, 3.63) is 58.9 Å². The number of hydrogen-bond donors (Lipinski definition) is 0. The van der Waals surface area contributed by atoms with E-state index < -0.39 is 23.6 Å². The van der Waals surface area contributed by atoms with Crippen molar-refractivity contribution in [2.75, 3.05) is 13.2 Å². The number of unbranched alkanes of at least 4 members (excludes halogenated alkanes) is 1. The van der Waals surface area contributed by atoms with Crippen molar-refractivity contribution in [1.82, 2.24) is 0 Å². The van der Waals surface area contributed by atoms with Gasteiger partial charge in [-0.25, -0.2) is 13.2 Å². The fourth-order valence-corrected chi connectivity index (χ4v) is 3.54. The lowest BCUT2D eigenvalue weighted by Gasteiger charge is -2.29. The highest BCUT2D eigenvalue weighted by Crippen LogP contribution is 2.35. The summed E-state index contributed by atoms with van der Waals surface area (Å²) in [6, 6.07) is 7.53. The van der Waals surface area contributed by atoms with E-state index in [0.717, 1.165) is 19.3 Å². The first-order valence-electron chi connectivity index (χ1n) is 10.0. The summed E-state index contributed by atoms with van der Waals surface area (Å²) < 4.78 is 55.0. The Morgan fingerprint density at radius 2 is 1.86 bits per heavy atom. The first-order chi connectivity index (χ1) is 13.5. The van der Waals surface area contributed by atoms with Crippen molar-refractivity contribution in [2.24, 2.45) is 0 Å². The zero-order chi connectivity index (χ0) is 20.1. The van der Waals surface area contributed by atoms with E-state index >= 15 is 0 Å². The second kappa shape index (κ2) is 9.57. The van der Waals surface area contributed by atoms with Gasteiger partial charge in [-0.3, -0.25) is 0 Å². The fraction of sp³-hybridized carbons (Fsp3) is 0.478. The van der Waals surface area contributed by atoms with Gasteiger partial charge in [-0.05, 0) is 42.9 Å². The Hall–Kier alpha value is -1.85. The minimum atomic E-state index is -0.967. The summed E-state index contributed by atoms with van der Waals surface area (Å²) in [5, 5.41) is 0. The van der Waals surface area contributed by atoms with Gasteiger partial charge in [-0.2, -0.15) is 0 Å². The van der Waals surface area contributed by atoms with E-state index in [1.165, 1.54) is 12.1 Å². The highest BCUT2D eigenvalue weighted by atomic mass is 19.2. The number of rotatable bonds is 7. The largest absolute Gasteiger partial charge is 0.376 e. The van der Waals surface area contributed by atoms with Crippen molar-refractivity contribution in [3.63, 3.8) is 0 Å². The number of aryl methyl sites for hydroxylation is 1. The van der Waals surface area contributed by atoms with Crippen LogP contribution >= 0.6 is 0 Å².